The maximum atomic E-state index is 12.7. The third-order valence-electron chi connectivity index (χ3n) is 5.43. The van der Waals surface area contributed by atoms with E-state index in [4.69, 9.17) is 4.74 Å². The van der Waals surface area contributed by atoms with Crippen LogP contribution in [-0.4, -0.2) is 36.6 Å². The SMILES string of the molecule is CC(=O)OCC(C)N(C)c1ccc2cc(NC(=O)CCc3ccc(C(F)(F)F)cc3)ccc2n1. The molecule has 1 heterocycles. The summed E-state index contributed by atoms with van der Waals surface area (Å²) in [6.07, 6.45) is -3.90. The second kappa shape index (κ2) is 10.5. The van der Waals surface area contributed by atoms with Crippen LogP contribution >= 0.6 is 0 Å². The number of aromatic nitrogens is 1. The van der Waals surface area contributed by atoms with Crippen molar-refractivity contribution in [3.63, 3.8) is 0 Å². The molecule has 0 aliphatic heterocycles. The third kappa shape index (κ3) is 6.69. The second-order valence-corrected chi connectivity index (χ2v) is 8.08. The zero-order valence-corrected chi connectivity index (χ0v) is 19.1. The first-order valence-corrected chi connectivity index (χ1v) is 10.8. The number of nitrogens with one attached hydrogen (secondary N) is 1. The minimum atomic E-state index is -4.38. The van der Waals surface area contributed by atoms with Crippen molar-refractivity contribution in [3.8, 4) is 0 Å². The van der Waals surface area contributed by atoms with E-state index in [-0.39, 0.29) is 30.9 Å². The standard InChI is InChI=1S/C25H26F3N3O3/c1-16(15-34-17(2)32)31(3)23-12-7-19-14-21(10-11-22(19)30-23)29-24(33)13-6-18-4-8-20(9-5-18)25(26,27)28/h4-5,7-12,14,16H,6,13,15H2,1-3H3,(H,29,33). The minimum absolute atomic E-state index is 0.0583. The molecule has 0 aliphatic carbocycles. The van der Waals surface area contributed by atoms with Crippen molar-refractivity contribution in [1.82, 2.24) is 4.98 Å². The zero-order valence-electron chi connectivity index (χ0n) is 19.1. The number of benzene rings is 2. The van der Waals surface area contributed by atoms with Crippen LogP contribution in [0.15, 0.2) is 54.6 Å². The van der Waals surface area contributed by atoms with Crippen LogP contribution in [0.4, 0.5) is 24.7 Å². The highest BCUT2D eigenvalue weighted by atomic mass is 19.4. The van der Waals surface area contributed by atoms with Gasteiger partial charge in [-0.15, -0.1) is 0 Å². The van der Waals surface area contributed by atoms with Gasteiger partial charge >= 0.3 is 12.1 Å². The Balaban J connectivity index is 1.59. The van der Waals surface area contributed by atoms with Crippen molar-refractivity contribution in [2.45, 2.75) is 38.9 Å². The number of hydrogen-bond acceptors (Lipinski definition) is 5. The Labute approximate surface area is 195 Å². The summed E-state index contributed by atoms with van der Waals surface area (Å²) in [7, 11) is 1.87. The van der Waals surface area contributed by atoms with Crippen LogP contribution in [0.5, 0.6) is 0 Å². The Kier molecular flexibility index (Phi) is 7.75. The Morgan fingerprint density at radius 3 is 2.44 bits per heavy atom. The normalized spacial score (nSPS) is 12.3. The summed E-state index contributed by atoms with van der Waals surface area (Å²) in [6, 6.07) is 13.9. The smallest absolute Gasteiger partial charge is 0.416 e. The maximum Gasteiger partial charge on any atom is 0.416 e. The zero-order chi connectivity index (χ0) is 24.9. The molecular weight excluding hydrogens is 447 g/mol. The number of rotatable bonds is 8. The van der Waals surface area contributed by atoms with Gasteiger partial charge in [-0.05, 0) is 61.4 Å². The molecule has 3 aromatic rings. The van der Waals surface area contributed by atoms with E-state index in [0.717, 1.165) is 28.9 Å². The summed E-state index contributed by atoms with van der Waals surface area (Å²) >= 11 is 0. The molecule has 34 heavy (non-hydrogen) atoms. The third-order valence-corrected chi connectivity index (χ3v) is 5.43. The van der Waals surface area contributed by atoms with Crippen molar-refractivity contribution < 1.29 is 27.5 Å². The molecule has 0 aliphatic rings. The van der Waals surface area contributed by atoms with Crippen LogP contribution in [0.3, 0.4) is 0 Å². The average Bonchev–Trinajstić information content (AvgIpc) is 2.80. The molecule has 0 fully saturated rings. The van der Waals surface area contributed by atoms with Crippen LogP contribution in [0.2, 0.25) is 0 Å². The number of nitrogens with zero attached hydrogens (tertiary/aromatic N) is 2. The molecule has 0 saturated heterocycles. The number of esters is 1. The van der Waals surface area contributed by atoms with Crippen molar-refractivity contribution in [3.05, 3.63) is 65.7 Å². The van der Waals surface area contributed by atoms with Gasteiger partial charge in [-0.25, -0.2) is 4.98 Å². The van der Waals surface area contributed by atoms with E-state index < -0.39 is 11.7 Å². The number of likely N-dealkylation sites (N-methyl/N-ethyl adjacent to an activating group) is 1. The van der Waals surface area contributed by atoms with Crippen LogP contribution in [0.1, 0.15) is 31.4 Å². The lowest BCUT2D eigenvalue weighted by Crippen LogP contribution is -2.34. The number of fused-ring (bicyclic) bond motifs is 1. The monoisotopic (exact) mass is 473 g/mol. The lowest BCUT2D eigenvalue weighted by Gasteiger charge is -2.25. The predicted octanol–water partition coefficient (Wildman–Crippen LogP) is 5.21. The molecule has 180 valence electrons. The van der Waals surface area contributed by atoms with E-state index in [1.807, 2.05) is 37.1 Å². The molecule has 1 aromatic heterocycles. The van der Waals surface area contributed by atoms with E-state index in [2.05, 4.69) is 10.3 Å². The summed E-state index contributed by atoms with van der Waals surface area (Å²) in [4.78, 5) is 29.9. The van der Waals surface area contributed by atoms with Gasteiger partial charge < -0.3 is 15.0 Å². The van der Waals surface area contributed by atoms with Gasteiger partial charge in [0, 0.05) is 31.5 Å². The van der Waals surface area contributed by atoms with Gasteiger partial charge in [0.25, 0.3) is 0 Å². The van der Waals surface area contributed by atoms with Gasteiger partial charge in [0.1, 0.15) is 12.4 Å². The number of hydrogen-bond donors (Lipinski definition) is 1. The van der Waals surface area contributed by atoms with E-state index in [0.29, 0.717) is 17.7 Å². The Bertz CT molecular complexity index is 1160. The molecule has 0 bridgehead atoms. The Morgan fingerprint density at radius 1 is 1.09 bits per heavy atom. The van der Waals surface area contributed by atoms with Crippen LogP contribution in [0, 0.1) is 0 Å². The number of halogens is 3. The summed E-state index contributed by atoms with van der Waals surface area (Å²) in [6.45, 7) is 3.55. The molecule has 1 atom stereocenters. The predicted molar refractivity (Wildman–Crippen MR) is 125 cm³/mol. The highest BCUT2D eigenvalue weighted by Gasteiger charge is 2.29. The fourth-order valence-corrected chi connectivity index (χ4v) is 3.31. The molecule has 6 nitrogen and oxygen atoms in total. The minimum Gasteiger partial charge on any atom is -0.464 e. The van der Waals surface area contributed by atoms with Crippen molar-refractivity contribution >= 4 is 34.3 Å². The van der Waals surface area contributed by atoms with Crippen LogP contribution in [-0.2, 0) is 26.9 Å². The molecule has 3 rings (SSSR count). The number of carbonyl (C=O) groups excluding carboxylic acids is 2. The first-order chi connectivity index (χ1) is 16.0. The highest BCUT2D eigenvalue weighted by molar-refractivity contribution is 5.94. The maximum absolute atomic E-state index is 12.7. The topological polar surface area (TPSA) is 71.5 Å². The van der Waals surface area contributed by atoms with Gasteiger partial charge in [-0.2, -0.15) is 13.2 Å². The molecule has 0 saturated carbocycles. The number of aryl methyl sites for hydroxylation is 1. The lowest BCUT2D eigenvalue weighted by molar-refractivity contribution is -0.141. The second-order valence-electron chi connectivity index (χ2n) is 8.08. The number of ether oxygens (including phenoxy) is 1. The number of carbonyl (C=O) groups is 2. The summed E-state index contributed by atoms with van der Waals surface area (Å²) in [5.41, 5.74) is 1.30. The molecular formula is C25H26F3N3O3. The van der Waals surface area contributed by atoms with E-state index in [1.165, 1.54) is 19.1 Å². The summed E-state index contributed by atoms with van der Waals surface area (Å²) < 4.78 is 43.0. The van der Waals surface area contributed by atoms with E-state index >= 15 is 0 Å². The molecule has 1 amide bonds. The Morgan fingerprint density at radius 2 is 1.79 bits per heavy atom. The molecule has 0 spiro atoms. The highest BCUT2D eigenvalue weighted by Crippen LogP contribution is 2.29. The average molecular weight is 473 g/mol. The number of pyridine rings is 1. The van der Waals surface area contributed by atoms with Crippen LogP contribution in [0.25, 0.3) is 10.9 Å². The fourth-order valence-electron chi connectivity index (χ4n) is 3.31. The molecule has 9 heteroatoms. The van der Waals surface area contributed by atoms with E-state index in [1.54, 1.807) is 12.1 Å². The summed E-state index contributed by atoms with van der Waals surface area (Å²) in [5.74, 6) is 0.156. The molecule has 2 aromatic carbocycles. The van der Waals surface area contributed by atoms with Crippen molar-refractivity contribution in [1.29, 1.82) is 0 Å². The molecule has 1 N–H and O–H groups in total. The van der Waals surface area contributed by atoms with Crippen molar-refractivity contribution in [2.24, 2.45) is 0 Å². The quantitative estimate of drug-likeness (QED) is 0.455. The molecule has 0 radical (unpaired) electrons. The first kappa shape index (κ1) is 25.0. The van der Waals surface area contributed by atoms with Gasteiger partial charge in [-0.1, -0.05) is 12.1 Å². The number of amides is 1. The summed E-state index contributed by atoms with van der Waals surface area (Å²) in [5, 5.41) is 3.66. The van der Waals surface area contributed by atoms with Gasteiger partial charge in [-0.3, -0.25) is 9.59 Å². The fraction of sp³-hybridized carbons (Fsp3) is 0.320. The molecule has 1 unspecified atom stereocenters. The largest absolute Gasteiger partial charge is 0.464 e. The lowest BCUT2D eigenvalue weighted by atomic mass is 10.1. The van der Waals surface area contributed by atoms with E-state index in [9.17, 15) is 22.8 Å². The Hall–Kier alpha value is -3.62. The van der Waals surface area contributed by atoms with Gasteiger partial charge in [0.2, 0.25) is 5.91 Å². The van der Waals surface area contributed by atoms with Gasteiger partial charge in [0.15, 0.2) is 0 Å². The van der Waals surface area contributed by atoms with Crippen molar-refractivity contribution in [2.75, 3.05) is 23.9 Å². The number of anilines is 2. The van der Waals surface area contributed by atoms with Crippen LogP contribution < -0.4 is 10.2 Å². The van der Waals surface area contributed by atoms with Gasteiger partial charge in [0.05, 0.1) is 17.1 Å². The number of alkyl halides is 3. The first-order valence-electron chi connectivity index (χ1n) is 10.8.